The minimum atomic E-state index is -0.408. The van der Waals surface area contributed by atoms with Crippen LogP contribution in [-0.4, -0.2) is 17.1 Å². The van der Waals surface area contributed by atoms with Crippen molar-refractivity contribution >= 4 is 16.7 Å². The largest absolute Gasteiger partial charge is 0.462 e. The van der Waals surface area contributed by atoms with E-state index in [0.29, 0.717) is 22.9 Å². The maximum Gasteiger partial charge on any atom is 0.340 e. The average molecular weight is 321 g/mol. The second-order valence-corrected chi connectivity index (χ2v) is 5.74. The van der Waals surface area contributed by atoms with E-state index >= 15 is 0 Å². The summed E-state index contributed by atoms with van der Waals surface area (Å²) in [7, 11) is 0. The molecule has 122 valence electrons. The highest BCUT2D eigenvalue weighted by atomic mass is 16.5. The minimum Gasteiger partial charge on any atom is -0.462 e. The fourth-order valence-electron chi connectivity index (χ4n) is 2.70. The van der Waals surface area contributed by atoms with Gasteiger partial charge in [0.05, 0.1) is 12.2 Å². The Labute approximate surface area is 140 Å². The normalized spacial score (nSPS) is 10.8. The first kappa shape index (κ1) is 16.0. The summed E-state index contributed by atoms with van der Waals surface area (Å²) >= 11 is 0. The smallest absolute Gasteiger partial charge is 0.340 e. The summed E-state index contributed by atoms with van der Waals surface area (Å²) in [6.45, 7) is 4.27. The van der Waals surface area contributed by atoms with Crippen LogP contribution in [0.4, 0.5) is 0 Å². The maximum absolute atomic E-state index is 12.8. The first-order valence-corrected chi connectivity index (χ1v) is 8.00. The lowest BCUT2D eigenvalue weighted by molar-refractivity contribution is 0.0506. The molecule has 0 aliphatic rings. The van der Waals surface area contributed by atoms with Crippen molar-refractivity contribution in [2.24, 2.45) is 0 Å². The van der Waals surface area contributed by atoms with Crippen LogP contribution in [0.5, 0.6) is 0 Å². The van der Waals surface area contributed by atoms with E-state index in [0.717, 1.165) is 17.7 Å². The van der Waals surface area contributed by atoms with Crippen LogP contribution in [0, 0.1) is 6.92 Å². The predicted octanol–water partition coefficient (Wildman–Crippen LogP) is 3.87. The molecule has 0 saturated carbocycles. The number of benzene rings is 2. The van der Waals surface area contributed by atoms with Gasteiger partial charge in [-0.15, -0.1) is 0 Å². The molecule has 4 nitrogen and oxygen atoms in total. The first-order chi connectivity index (χ1) is 11.6. The Hall–Kier alpha value is -2.88. The number of carbonyl (C=O) groups is 1. The first-order valence-electron chi connectivity index (χ1n) is 8.00. The third-order valence-electron chi connectivity index (χ3n) is 3.86. The van der Waals surface area contributed by atoms with Crippen molar-refractivity contribution in [3.8, 4) is 5.69 Å². The number of pyridine rings is 1. The number of carbonyl (C=O) groups excluding carboxylic acids is 1. The Morgan fingerprint density at radius 3 is 2.54 bits per heavy atom. The van der Waals surface area contributed by atoms with Crippen molar-refractivity contribution < 1.29 is 9.53 Å². The quantitative estimate of drug-likeness (QED) is 0.685. The van der Waals surface area contributed by atoms with Crippen LogP contribution < -0.4 is 5.56 Å². The molecule has 0 fully saturated rings. The van der Waals surface area contributed by atoms with Gasteiger partial charge in [0.15, 0.2) is 0 Å². The Morgan fingerprint density at radius 2 is 1.83 bits per heavy atom. The lowest BCUT2D eigenvalue weighted by Crippen LogP contribution is -2.21. The zero-order valence-corrected chi connectivity index (χ0v) is 13.8. The fourth-order valence-corrected chi connectivity index (χ4v) is 2.70. The number of ether oxygens (including phenoxy) is 1. The van der Waals surface area contributed by atoms with Gasteiger partial charge >= 0.3 is 5.97 Å². The molecule has 0 bridgehead atoms. The van der Waals surface area contributed by atoms with Gasteiger partial charge in [0, 0.05) is 22.7 Å². The van der Waals surface area contributed by atoms with Crippen LogP contribution in [0.15, 0.2) is 59.5 Å². The van der Waals surface area contributed by atoms with E-state index in [4.69, 9.17) is 4.74 Å². The van der Waals surface area contributed by atoms with Crippen molar-refractivity contribution in [1.82, 2.24) is 4.57 Å². The van der Waals surface area contributed by atoms with Crippen molar-refractivity contribution in [1.29, 1.82) is 0 Å². The number of hydrogen-bond acceptors (Lipinski definition) is 3. The molecule has 1 heterocycles. The third-order valence-corrected chi connectivity index (χ3v) is 3.86. The van der Waals surface area contributed by atoms with Crippen LogP contribution in [0.3, 0.4) is 0 Å². The maximum atomic E-state index is 12.8. The molecule has 3 rings (SSSR count). The van der Waals surface area contributed by atoms with E-state index in [1.807, 2.05) is 44.2 Å². The Balaban J connectivity index is 2.26. The number of aromatic nitrogens is 1. The van der Waals surface area contributed by atoms with E-state index in [-0.39, 0.29) is 5.56 Å². The molecule has 0 radical (unpaired) electrons. The zero-order valence-electron chi connectivity index (χ0n) is 13.8. The number of aryl methyl sites for hydroxylation is 1. The summed E-state index contributed by atoms with van der Waals surface area (Å²) in [5.74, 6) is -0.408. The molecular formula is C20H19NO3. The Kier molecular flexibility index (Phi) is 4.47. The van der Waals surface area contributed by atoms with Gasteiger partial charge in [0.25, 0.3) is 5.56 Å². The molecule has 24 heavy (non-hydrogen) atoms. The number of esters is 1. The fraction of sp³-hybridized carbons (Fsp3) is 0.200. The standard InChI is InChI=1S/C20H19NO3/c1-3-11-24-20(23)18-13-21(15-8-6-7-14(2)12-15)19(22)17-10-5-4-9-16(17)18/h4-10,12-13H,3,11H2,1-2H3. The number of rotatable bonds is 4. The van der Waals surface area contributed by atoms with Gasteiger partial charge in [0.2, 0.25) is 0 Å². The van der Waals surface area contributed by atoms with Gasteiger partial charge in [-0.2, -0.15) is 0 Å². The molecule has 0 N–H and O–H groups in total. The number of nitrogens with zero attached hydrogens (tertiary/aromatic N) is 1. The predicted molar refractivity (Wildman–Crippen MR) is 94.9 cm³/mol. The molecule has 0 spiro atoms. The van der Waals surface area contributed by atoms with Crippen LogP contribution in [0.25, 0.3) is 16.5 Å². The van der Waals surface area contributed by atoms with Crippen molar-refractivity contribution in [2.75, 3.05) is 6.61 Å². The van der Waals surface area contributed by atoms with E-state index < -0.39 is 5.97 Å². The SMILES string of the molecule is CCCOC(=O)c1cn(-c2cccc(C)c2)c(=O)c2ccccc12. The van der Waals surface area contributed by atoms with Crippen molar-refractivity contribution in [3.05, 3.63) is 76.2 Å². The second-order valence-electron chi connectivity index (χ2n) is 5.74. The molecule has 1 aromatic heterocycles. The van der Waals surface area contributed by atoms with Gasteiger partial charge in [0.1, 0.15) is 0 Å². The van der Waals surface area contributed by atoms with Gasteiger partial charge < -0.3 is 4.74 Å². The molecule has 2 aromatic carbocycles. The molecule has 3 aromatic rings. The molecular weight excluding hydrogens is 302 g/mol. The molecule has 4 heteroatoms. The summed E-state index contributed by atoms with van der Waals surface area (Å²) in [6.07, 6.45) is 2.33. The lowest BCUT2D eigenvalue weighted by Gasteiger charge is -2.12. The van der Waals surface area contributed by atoms with Crippen molar-refractivity contribution in [3.63, 3.8) is 0 Å². The molecule has 0 atom stereocenters. The molecule has 0 aliphatic heterocycles. The topological polar surface area (TPSA) is 48.3 Å². The van der Waals surface area contributed by atoms with E-state index in [1.165, 1.54) is 4.57 Å². The minimum absolute atomic E-state index is 0.150. The van der Waals surface area contributed by atoms with Gasteiger partial charge in [-0.25, -0.2) is 4.79 Å². The van der Waals surface area contributed by atoms with E-state index in [9.17, 15) is 9.59 Å². The summed E-state index contributed by atoms with van der Waals surface area (Å²) in [6, 6.07) is 14.7. The van der Waals surface area contributed by atoms with Crippen LogP contribution in [0.1, 0.15) is 29.3 Å². The van der Waals surface area contributed by atoms with Gasteiger partial charge in [-0.1, -0.05) is 37.3 Å². The summed E-state index contributed by atoms with van der Waals surface area (Å²) in [4.78, 5) is 25.3. The zero-order chi connectivity index (χ0) is 17.1. The summed E-state index contributed by atoms with van der Waals surface area (Å²) in [5, 5.41) is 1.12. The van der Waals surface area contributed by atoms with E-state index in [1.54, 1.807) is 24.4 Å². The van der Waals surface area contributed by atoms with Gasteiger partial charge in [-0.3, -0.25) is 9.36 Å². The van der Waals surface area contributed by atoms with Crippen LogP contribution in [-0.2, 0) is 4.74 Å². The molecule has 0 amide bonds. The summed E-state index contributed by atoms with van der Waals surface area (Å²) < 4.78 is 6.80. The highest BCUT2D eigenvalue weighted by Gasteiger charge is 2.16. The lowest BCUT2D eigenvalue weighted by atomic mass is 10.1. The Bertz CT molecular complexity index is 957. The second kappa shape index (κ2) is 6.71. The molecule has 0 aliphatic carbocycles. The van der Waals surface area contributed by atoms with Crippen LogP contribution in [0.2, 0.25) is 0 Å². The molecule has 0 unspecified atom stereocenters. The number of fused-ring (bicyclic) bond motifs is 1. The van der Waals surface area contributed by atoms with Gasteiger partial charge in [-0.05, 0) is 37.1 Å². The average Bonchev–Trinajstić information content (AvgIpc) is 2.60. The highest BCUT2D eigenvalue weighted by molar-refractivity contribution is 6.04. The molecule has 0 saturated heterocycles. The summed E-state index contributed by atoms with van der Waals surface area (Å²) in [5.41, 5.74) is 2.03. The van der Waals surface area contributed by atoms with Crippen LogP contribution >= 0.6 is 0 Å². The Morgan fingerprint density at radius 1 is 1.08 bits per heavy atom. The van der Waals surface area contributed by atoms with E-state index in [2.05, 4.69) is 0 Å². The highest BCUT2D eigenvalue weighted by Crippen LogP contribution is 2.19. The van der Waals surface area contributed by atoms with Crippen molar-refractivity contribution in [2.45, 2.75) is 20.3 Å². The number of hydrogen-bond donors (Lipinski definition) is 0. The third kappa shape index (κ3) is 2.95. The monoisotopic (exact) mass is 321 g/mol.